The van der Waals surface area contributed by atoms with Crippen molar-refractivity contribution in [1.82, 2.24) is 35.2 Å². The molecule has 0 aromatic carbocycles. The number of hydrogen-bond acceptors (Lipinski definition) is 9. The maximum atomic E-state index is 5.89. The fourth-order valence-electron chi connectivity index (χ4n) is 3.65. The Morgan fingerprint density at radius 1 is 1.27 bits per heavy atom. The molecule has 2 fully saturated rings. The van der Waals surface area contributed by atoms with Crippen LogP contribution < -0.4 is 0 Å². The van der Waals surface area contributed by atoms with Crippen molar-refractivity contribution in [2.24, 2.45) is 0 Å². The predicted molar refractivity (Wildman–Crippen MR) is 89.2 cm³/mol. The summed E-state index contributed by atoms with van der Waals surface area (Å²) in [4.78, 5) is 6.87. The Balaban J connectivity index is 1.37. The number of rotatable bonds is 7. The van der Waals surface area contributed by atoms with E-state index in [0.717, 1.165) is 36.9 Å². The molecule has 1 aliphatic carbocycles. The van der Waals surface area contributed by atoms with E-state index in [-0.39, 0.29) is 6.10 Å². The van der Waals surface area contributed by atoms with Gasteiger partial charge in [0, 0.05) is 26.1 Å². The Morgan fingerprint density at radius 3 is 3.00 bits per heavy atom. The maximum absolute atomic E-state index is 5.89. The molecular formula is C16H25N7O3. The molecule has 4 rings (SSSR count). The third kappa shape index (κ3) is 3.92. The summed E-state index contributed by atoms with van der Waals surface area (Å²) in [6, 6.07) is 0. The number of morpholine rings is 1. The lowest BCUT2D eigenvalue weighted by Gasteiger charge is -2.31. The van der Waals surface area contributed by atoms with E-state index in [1.54, 1.807) is 11.8 Å². The van der Waals surface area contributed by atoms with Gasteiger partial charge in [0.25, 0.3) is 0 Å². The highest BCUT2D eigenvalue weighted by molar-refractivity contribution is 4.98. The molecule has 1 atom stereocenters. The average molecular weight is 363 g/mol. The summed E-state index contributed by atoms with van der Waals surface area (Å²) >= 11 is 0. The fraction of sp³-hybridized carbons (Fsp3) is 0.812. The third-order valence-electron chi connectivity index (χ3n) is 5.06. The van der Waals surface area contributed by atoms with E-state index in [1.165, 1.54) is 12.8 Å². The second kappa shape index (κ2) is 8.19. The second-order valence-corrected chi connectivity index (χ2v) is 6.88. The first-order valence-corrected chi connectivity index (χ1v) is 9.25. The first kappa shape index (κ1) is 17.5. The number of methoxy groups -OCH3 is 1. The highest BCUT2D eigenvalue weighted by Gasteiger charge is 2.28. The molecule has 3 heterocycles. The molecule has 0 radical (unpaired) electrons. The number of hydrogen-bond donors (Lipinski definition) is 0. The number of tetrazole rings is 1. The molecular weight excluding hydrogens is 338 g/mol. The Bertz CT molecular complexity index is 698. The molecule has 2 aromatic heterocycles. The number of nitrogens with zero attached hydrogens (tertiary/aromatic N) is 7. The topological polar surface area (TPSA) is 104 Å². The molecule has 10 nitrogen and oxygen atoms in total. The van der Waals surface area contributed by atoms with E-state index >= 15 is 0 Å². The van der Waals surface area contributed by atoms with E-state index in [4.69, 9.17) is 14.0 Å². The Morgan fingerprint density at radius 2 is 2.15 bits per heavy atom. The summed E-state index contributed by atoms with van der Waals surface area (Å²) in [5.74, 6) is 2.71. The van der Waals surface area contributed by atoms with Gasteiger partial charge in [-0.15, -0.1) is 5.10 Å². The molecule has 2 aliphatic rings. The highest BCUT2D eigenvalue weighted by atomic mass is 16.5. The van der Waals surface area contributed by atoms with Crippen molar-refractivity contribution in [3.63, 3.8) is 0 Å². The molecule has 0 N–H and O–H groups in total. The number of ether oxygens (including phenoxy) is 2. The zero-order valence-electron chi connectivity index (χ0n) is 15.1. The summed E-state index contributed by atoms with van der Waals surface area (Å²) in [5, 5.41) is 16.1. The van der Waals surface area contributed by atoms with Crippen molar-refractivity contribution < 1.29 is 14.0 Å². The Hall–Kier alpha value is -1.91. The van der Waals surface area contributed by atoms with Crippen LogP contribution in [-0.4, -0.2) is 68.7 Å². The molecule has 0 unspecified atom stereocenters. The summed E-state index contributed by atoms with van der Waals surface area (Å²) in [7, 11) is 1.66. The fourth-order valence-corrected chi connectivity index (χ4v) is 3.65. The first-order valence-electron chi connectivity index (χ1n) is 9.25. The van der Waals surface area contributed by atoms with Gasteiger partial charge in [-0.1, -0.05) is 18.0 Å². The molecule has 1 saturated heterocycles. The molecule has 1 aliphatic heterocycles. The van der Waals surface area contributed by atoms with Crippen LogP contribution in [0.5, 0.6) is 0 Å². The molecule has 0 spiro atoms. The van der Waals surface area contributed by atoms with E-state index < -0.39 is 0 Å². The van der Waals surface area contributed by atoms with Crippen LogP contribution in [0.4, 0.5) is 0 Å². The van der Waals surface area contributed by atoms with Gasteiger partial charge in [-0.2, -0.15) is 4.98 Å². The maximum Gasteiger partial charge on any atom is 0.229 e. The van der Waals surface area contributed by atoms with Crippen molar-refractivity contribution in [3.8, 4) is 0 Å². The summed E-state index contributed by atoms with van der Waals surface area (Å²) in [6.07, 6.45) is 4.66. The van der Waals surface area contributed by atoms with Crippen molar-refractivity contribution in [1.29, 1.82) is 0 Å². The summed E-state index contributed by atoms with van der Waals surface area (Å²) in [5.41, 5.74) is 0. The minimum atomic E-state index is -0.170. The average Bonchev–Trinajstić information content (AvgIpc) is 3.41. The van der Waals surface area contributed by atoms with Crippen molar-refractivity contribution in [2.75, 3.05) is 33.4 Å². The molecule has 2 aromatic rings. The van der Waals surface area contributed by atoms with Crippen LogP contribution >= 0.6 is 0 Å². The highest BCUT2D eigenvalue weighted by Crippen LogP contribution is 2.33. The third-order valence-corrected chi connectivity index (χ3v) is 5.06. The second-order valence-electron chi connectivity index (χ2n) is 6.88. The standard InChI is InChI=1S/C16H25N7O3/c1-24-8-7-23-15(18-20-21-23)13-10-22(6-9-25-13)11-14-17-16(26-19-14)12-4-2-3-5-12/h12-13H,2-11H2,1H3/t13-/m0/s1. The lowest BCUT2D eigenvalue weighted by atomic mass is 10.1. The largest absolute Gasteiger partial charge is 0.383 e. The first-order chi connectivity index (χ1) is 12.8. The van der Waals surface area contributed by atoms with Gasteiger partial charge in [0.1, 0.15) is 6.10 Å². The molecule has 10 heteroatoms. The molecule has 0 amide bonds. The molecule has 142 valence electrons. The van der Waals surface area contributed by atoms with Crippen LogP contribution in [0.3, 0.4) is 0 Å². The summed E-state index contributed by atoms with van der Waals surface area (Å²) in [6.45, 7) is 3.95. The lowest BCUT2D eigenvalue weighted by Crippen LogP contribution is -2.39. The van der Waals surface area contributed by atoms with E-state index in [0.29, 0.717) is 38.8 Å². The zero-order valence-corrected chi connectivity index (χ0v) is 15.1. The summed E-state index contributed by atoms with van der Waals surface area (Å²) < 4.78 is 18.2. The van der Waals surface area contributed by atoms with Gasteiger partial charge in [0.15, 0.2) is 11.6 Å². The van der Waals surface area contributed by atoms with Gasteiger partial charge < -0.3 is 14.0 Å². The van der Waals surface area contributed by atoms with E-state index in [9.17, 15) is 0 Å². The van der Waals surface area contributed by atoms with E-state index in [2.05, 4.69) is 30.6 Å². The SMILES string of the molecule is COCCn1nnnc1[C@@H]1CN(Cc2noc(C3CCCC3)n2)CCO1. The van der Waals surface area contributed by atoms with Gasteiger partial charge in [-0.25, -0.2) is 4.68 Å². The lowest BCUT2D eigenvalue weighted by molar-refractivity contribution is -0.0405. The van der Waals surface area contributed by atoms with Gasteiger partial charge in [-0.05, 0) is 23.3 Å². The van der Waals surface area contributed by atoms with Crippen molar-refractivity contribution >= 4 is 0 Å². The van der Waals surface area contributed by atoms with Crippen molar-refractivity contribution in [2.45, 2.75) is 50.8 Å². The normalized spacial score (nSPS) is 22.3. The minimum Gasteiger partial charge on any atom is -0.383 e. The predicted octanol–water partition coefficient (Wildman–Crippen LogP) is 0.934. The van der Waals surface area contributed by atoms with E-state index in [1.807, 2.05) is 0 Å². The van der Waals surface area contributed by atoms with Crippen LogP contribution in [0.1, 0.15) is 55.2 Å². The van der Waals surface area contributed by atoms with Gasteiger partial charge in [0.2, 0.25) is 5.89 Å². The quantitative estimate of drug-likeness (QED) is 0.710. The molecule has 0 bridgehead atoms. The van der Waals surface area contributed by atoms with Gasteiger partial charge >= 0.3 is 0 Å². The van der Waals surface area contributed by atoms with Crippen LogP contribution in [0, 0.1) is 0 Å². The van der Waals surface area contributed by atoms with Gasteiger partial charge in [0.05, 0.1) is 26.3 Å². The monoisotopic (exact) mass is 363 g/mol. The van der Waals surface area contributed by atoms with Crippen LogP contribution in [0.15, 0.2) is 4.52 Å². The Kier molecular flexibility index (Phi) is 5.51. The minimum absolute atomic E-state index is 0.170. The number of aromatic nitrogens is 6. The molecule has 1 saturated carbocycles. The zero-order chi connectivity index (χ0) is 17.8. The smallest absolute Gasteiger partial charge is 0.229 e. The van der Waals surface area contributed by atoms with Gasteiger partial charge in [-0.3, -0.25) is 4.90 Å². The Labute approximate surface area is 151 Å². The van der Waals surface area contributed by atoms with Crippen molar-refractivity contribution in [3.05, 3.63) is 17.5 Å². The van der Waals surface area contributed by atoms with Crippen LogP contribution in [0.2, 0.25) is 0 Å². The van der Waals surface area contributed by atoms with Crippen LogP contribution in [0.25, 0.3) is 0 Å². The molecule has 26 heavy (non-hydrogen) atoms. The van der Waals surface area contributed by atoms with Crippen LogP contribution in [-0.2, 0) is 22.6 Å².